The SMILES string of the molecule is CN1CCN(Cc2cc(Oc3ccc(NC(=O)NC4CC4C4CCCCC4)c4ccccc34)ccn2)CC1. The number of ether oxygens (including phenoxy) is 1. The molecular formula is C31H39N5O2. The summed E-state index contributed by atoms with van der Waals surface area (Å²) in [5, 5.41) is 8.25. The fourth-order valence-electron chi connectivity index (χ4n) is 6.23. The molecule has 0 spiro atoms. The van der Waals surface area contributed by atoms with Crippen molar-refractivity contribution in [2.75, 3.05) is 38.5 Å². The van der Waals surface area contributed by atoms with Crippen molar-refractivity contribution in [3.05, 3.63) is 60.4 Å². The van der Waals surface area contributed by atoms with Crippen LogP contribution in [0.3, 0.4) is 0 Å². The van der Waals surface area contributed by atoms with Crippen molar-refractivity contribution < 1.29 is 9.53 Å². The third-order valence-electron chi connectivity index (χ3n) is 8.54. The Morgan fingerprint density at radius 2 is 1.79 bits per heavy atom. The average molecular weight is 514 g/mol. The van der Waals surface area contributed by atoms with Gasteiger partial charge in [0.25, 0.3) is 0 Å². The van der Waals surface area contributed by atoms with Gasteiger partial charge >= 0.3 is 6.03 Å². The predicted octanol–water partition coefficient (Wildman–Crippen LogP) is 5.86. The number of aromatic nitrogens is 1. The predicted molar refractivity (Wildman–Crippen MR) is 152 cm³/mol. The van der Waals surface area contributed by atoms with Gasteiger partial charge in [0.15, 0.2) is 0 Å². The Morgan fingerprint density at radius 1 is 1.00 bits per heavy atom. The lowest BCUT2D eigenvalue weighted by atomic mass is 9.85. The fourth-order valence-corrected chi connectivity index (χ4v) is 6.23. The number of amides is 2. The van der Waals surface area contributed by atoms with E-state index in [9.17, 15) is 4.79 Å². The minimum atomic E-state index is -0.116. The zero-order valence-corrected chi connectivity index (χ0v) is 22.4. The standard InChI is InChI=1S/C31H39N5O2/c1-35-15-17-36(18-16-35)21-23-19-24(13-14-32-23)38-30-12-11-28(25-9-5-6-10-26(25)30)33-31(37)34-29-20-27(29)22-7-3-2-4-8-22/h5-6,9-14,19,22,27,29H,2-4,7-8,15-18,20-21H2,1H3,(H2,33,34,37). The summed E-state index contributed by atoms with van der Waals surface area (Å²) in [7, 11) is 2.17. The fraction of sp³-hybridized carbons (Fsp3) is 0.484. The van der Waals surface area contributed by atoms with Crippen molar-refractivity contribution in [2.45, 2.75) is 51.1 Å². The van der Waals surface area contributed by atoms with Crippen LogP contribution in [0.2, 0.25) is 0 Å². The Balaban J connectivity index is 1.11. The second-order valence-electron chi connectivity index (χ2n) is 11.3. The van der Waals surface area contributed by atoms with Crippen LogP contribution in [0.5, 0.6) is 11.5 Å². The summed E-state index contributed by atoms with van der Waals surface area (Å²) in [4.78, 5) is 22.2. The Kier molecular flexibility index (Phi) is 7.47. The van der Waals surface area contributed by atoms with E-state index < -0.39 is 0 Å². The molecule has 2 aliphatic carbocycles. The summed E-state index contributed by atoms with van der Waals surface area (Å²) in [5.74, 6) is 3.00. The van der Waals surface area contributed by atoms with Crippen LogP contribution >= 0.6 is 0 Å². The van der Waals surface area contributed by atoms with Crippen LogP contribution in [0, 0.1) is 11.8 Å². The van der Waals surface area contributed by atoms with Gasteiger partial charge in [-0.1, -0.05) is 56.4 Å². The van der Waals surface area contributed by atoms with Crippen molar-refractivity contribution in [3.8, 4) is 11.5 Å². The van der Waals surface area contributed by atoms with E-state index in [0.717, 1.165) is 78.7 Å². The molecule has 38 heavy (non-hydrogen) atoms. The molecule has 200 valence electrons. The van der Waals surface area contributed by atoms with E-state index in [1.54, 1.807) is 0 Å². The molecule has 3 aromatic rings. The smallest absolute Gasteiger partial charge is 0.319 e. The Bertz CT molecular complexity index is 1270. The highest BCUT2D eigenvalue weighted by molar-refractivity contribution is 6.04. The van der Waals surface area contributed by atoms with Gasteiger partial charge in [0, 0.05) is 61.8 Å². The van der Waals surface area contributed by atoms with Crippen molar-refractivity contribution in [3.63, 3.8) is 0 Å². The van der Waals surface area contributed by atoms with Gasteiger partial charge in [-0.2, -0.15) is 0 Å². The van der Waals surface area contributed by atoms with Crippen LogP contribution in [-0.4, -0.2) is 60.1 Å². The van der Waals surface area contributed by atoms with Crippen molar-refractivity contribution in [2.24, 2.45) is 11.8 Å². The molecule has 2 aromatic carbocycles. The monoisotopic (exact) mass is 513 g/mol. The van der Waals surface area contributed by atoms with Crippen LogP contribution in [0.15, 0.2) is 54.7 Å². The molecule has 2 saturated carbocycles. The number of carbonyl (C=O) groups excluding carboxylic acids is 1. The zero-order chi connectivity index (χ0) is 25.9. The van der Waals surface area contributed by atoms with Crippen molar-refractivity contribution >= 4 is 22.5 Å². The number of carbonyl (C=O) groups is 1. The quantitative estimate of drug-likeness (QED) is 0.414. The lowest BCUT2D eigenvalue weighted by Gasteiger charge is -2.32. The summed E-state index contributed by atoms with van der Waals surface area (Å²) in [6, 6.07) is 16.1. The highest BCUT2D eigenvalue weighted by atomic mass is 16.5. The molecule has 2 N–H and O–H groups in total. The van der Waals surface area contributed by atoms with E-state index in [0.29, 0.717) is 12.0 Å². The number of hydrogen-bond donors (Lipinski definition) is 2. The number of likely N-dealkylation sites (N-methyl/N-ethyl adjacent to an activating group) is 1. The van der Waals surface area contributed by atoms with E-state index in [2.05, 4.69) is 32.5 Å². The molecule has 2 heterocycles. The highest BCUT2D eigenvalue weighted by Crippen LogP contribution is 2.44. The van der Waals surface area contributed by atoms with E-state index in [1.165, 1.54) is 32.1 Å². The lowest BCUT2D eigenvalue weighted by molar-refractivity contribution is 0.147. The van der Waals surface area contributed by atoms with E-state index >= 15 is 0 Å². The summed E-state index contributed by atoms with van der Waals surface area (Å²) in [6.07, 6.45) is 9.65. The van der Waals surface area contributed by atoms with Gasteiger partial charge in [-0.05, 0) is 43.5 Å². The molecule has 7 heteroatoms. The number of fused-ring (bicyclic) bond motifs is 1. The minimum absolute atomic E-state index is 0.116. The maximum Gasteiger partial charge on any atom is 0.319 e. The number of nitrogens with zero attached hydrogens (tertiary/aromatic N) is 3. The van der Waals surface area contributed by atoms with Crippen LogP contribution in [0.4, 0.5) is 10.5 Å². The summed E-state index contributed by atoms with van der Waals surface area (Å²) in [5.41, 5.74) is 1.81. The zero-order valence-electron chi connectivity index (χ0n) is 22.4. The molecule has 3 aliphatic rings. The van der Waals surface area contributed by atoms with Gasteiger partial charge in [0.05, 0.1) is 11.4 Å². The van der Waals surface area contributed by atoms with Crippen LogP contribution in [0.1, 0.15) is 44.2 Å². The number of piperazine rings is 1. The molecule has 6 rings (SSSR count). The minimum Gasteiger partial charge on any atom is -0.457 e. The molecule has 0 bridgehead atoms. The van der Waals surface area contributed by atoms with Crippen molar-refractivity contribution in [1.29, 1.82) is 0 Å². The molecule has 7 nitrogen and oxygen atoms in total. The first-order chi connectivity index (χ1) is 18.6. The molecule has 3 fully saturated rings. The van der Waals surface area contributed by atoms with E-state index in [-0.39, 0.29) is 6.03 Å². The maximum absolute atomic E-state index is 12.9. The second-order valence-corrected chi connectivity index (χ2v) is 11.3. The number of nitrogens with one attached hydrogen (secondary N) is 2. The Hall–Kier alpha value is -3.16. The number of pyridine rings is 1. The second kappa shape index (κ2) is 11.3. The third kappa shape index (κ3) is 5.94. The summed E-state index contributed by atoms with van der Waals surface area (Å²) >= 11 is 0. The number of anilines is 1. The van der Waals surface area contributed by atoms with Gasteiger partial charge in [0.1, 0.15) is 11.5 Å². The van der Waals surface area contributed by atoms with Gasteiger partial charge in [-0.15, -0.1) is 0 Å². The largest absolute Gasteiger partial charge is 0.457 e. The molecule has 1 saturated heterocycles. The molecule has 2 unspecified atom stereocenters. The van der Waals surface area contributed by atoms with Gasteiger partial charge < -0.3 is 20.3 Å². The van der Waals surface area contributed by atoms with Gasteiger partial charge in [0.2, 0.25) is 0 Å². The lowest BCUT2D eigenvalue weighted by Crippen LogP contribution is -2.43. The first kappa shape index (κ1) is 25.1. The maximum atomic E-state index is 12.9. The number of hydrogen-bond acceptors (Lipinski definition) is 5. The highest BCUT2D eigenvalue weighted by Gasteiger charge is 2.43. The Labute approximate surface area is 225 Å². The van der Waals surface area contributed by atoms with Gasteiger partial charge in [-0.25, -0.2) is 4.79 Å². The van der Waals surface area contributed by atoms with Crippen LogP contribution in [0.25, 0.3) is 10.8 Å². The Morgan fingerprint density at radius 3 is 2.61 bits per heavy atom. The van der Waals surface area contributed by atoms with Gasteiger partial charge in [-0.3, -0.25) is 9.88 Å². The van der Waals surface area contributed by atoms with E-state index in [4.69, 9.17) is 4.74 Å². The summed E-state index contributed by atoms with van der Waals surface area (Å²) < 4.78 is 6.36. The van der Waals surface area contributed by atoms with E-state index in [1.807, 2.05) is 54.7 Å². The molecular weight excluding hydrogens is 474 g/mol. The topological polar surface area (TPSA) is 69.7 Å². The number of urea groups is 1. The van der Waals surface area contributed by atoms with Crippen LogP contribution < -0.4 is 15.4 Å². The molecule has 2 atom stereocenters. The third-order valence-corrected chi connectivity index (χ3v) is 8.54. The first-order valence-corrected chi connectivity index (χ1v) is 14.3. The first-order valence-electron chi connectivity index (χ1n) is 14.3. The van der Waals surface area contributed by atoms with Crippen LogP contribution in [-0.2, 0) is 6.54 Å². The molecule has 2 amide bonds. The normalized spacial score (nSPS) is 22.8. The summed E-state index contributed by atoms with van der Waals surface area (Å²) in [6.45, 7) is 5.10. The van der Waals surface area contributed by atoms with Crippen molar-refractivity contribution in [1.82, 2.24) is 20.1 Å². The number of rotatable bonds is 7. The average Bonchev–Trinajstić information content (AvgIpc) is 3.71. The number of benzene rings is 2. The molecule has 0 radical (unpaired) electrons. The molecule has 1 aliphatic heterocycles. The molecule has 1 aromatic heterocycles.